The number of benzene rings is 1. The van der Waals surface area contributed by atoms with Crippen molar-refractivity contribution in [2.45, 2.75) is 70.8 Å². The van der Waals surface area contributed by atoms with E-state index in [1.54, 1.807) is 65.8 Å². The van der Waals surface area contributed by atoms with Gasteiger partial charge in [0.2, 0.25) is 0 Å². The molecule has 0 bridgehead atoms. The molecule has 0 spiro atoms. The third-order valence-electron chi connectivity index (χ3n) is 4.20. The number of aliphatic hydroxyl groups is 1. The van der Waals surface area contributed by atoms with Crippen molar-refractivity contribution in [3.63, 3.8) is 0 Å². The predicted molar refractivity (Wildman–Crippen MR) is 107 cm³/mol. The first-order valence-electron chi connectivity index (χ1n) is 9.47. The molecular weight excluding hydrogens is 376 g/mol. The number of nitrogens with zero attached hydrogens (tertiary/aromatic N) is 1. The molecule has 1 heterocycles. The predicted octanol–water partition coefficient (Wildman–Crippen LogP) is 1.84. The Hall–Kier alpha value is -2.45. The third-order valence-corrected chi connectivity index (χ3v) is 4.20. The van der Waals surface area contributed by atoms with E-state index in [-0.39, 0.29) is 6.42 Å². The summed E-state index contributed by atoms with van der Waals surface area (Å²) in [4.78, 5) is 39.8. The molecule has 1 aliphatic rings. The summed E-state index contributed by atoms with van der Waals surface area (Å²) in [7, 11) is 0. The number of carbonyl (C=O) groups is 3. The van der Waals surface area contributed by atoms with Gasteiger partial charge in [0.25, 0.3) is 5.91 Å². The van der Waals surface area contributed by atoms with E-state index in [0.29, 0.717) is 11.3 Å². The normalized spacial score (nSPS) is 22.6. The fraction of sp³-hybridized carbons (Fsp3) is 0.571. The van der Waals surface area contributed by atoms with Crippen molar-refractivity contribution in [2.75, 3.05) is 11.4 Å². The van der Waals surface area contributed by atoms with Crippen molar-refractivity contribution in [3.8, 4) is 0 Å². The number of hydrogen-bond acceptors (Lipinski definition) is 7. The molecule has 1 aromatic carbocycles. The molecule has 1 aromatic rings. The number of rotatable bonds is 3. The fourth-order valence-electron chi connectivity index (χ4n) is 3.07. The average Bonchev–Trinajstić information content (AvgIpc) is 2.62. The number of esters is 2. The molecule has 160 valence electrons. The van der Waals surface area contributed by atoms with Gasteiger partial charge in [-0.05, 0) is 47.6 Å². The second-order valence-corrected chi connectivity index (χ2v) is 9.23. The summed E-state index contributed by atoms with van der Waals surface area (Å²) in [6.45, 7) is 9.63. The molecule has 8 heteroatoms. The highest BCUT2D eigenvalue weighted by Gasteiger charge is 2.52. The van der Waals surface area contributed by atoms with Crippen LogP contribution in [0, 0.1) is 0 Å². The summed E-state index contributed by atoms with van der Waals surface area (Å²) in [6.07, 6.45) is -1.57. The number of ether oxygens (including phenoxy) is 2. The molecule has 8 nitrogen and oxygen atoms in total. The Labute approximate surface area is 171 Å². The van der Waals surface area contributed by atoms with Crippen molar-refractivity contribution in [3.05, 3.63) is 29.8 Å². The van der Waals surface area contributed by atoms with Gasteiger partial charge in [0, 0.05) is 12.0 Å². The number of hydrogen-bond donors (Lipinski definition) is 2. The molecule has 0 saturated heterocycles. The van der Waals surface area contributed by atoms with Crippen molar-refractivity contribution in [1.29, 1.82) is 0 Å². The van der Waals surface area contributed by atoms with Crippen LogP contribution in [0.3, 0.4) is 0 Å². The second kappa shape index (κ2) is 7.76. The Bertz CT molecular complexity index is 808. The van der Waals surface area contributed by atoms with Gasteiger partial charge in [0.05, 0.1) is 11.8 Å². The smallest absolute Gasteiger partial charge is 0.336 e. The molecule has 2 rings (SSSR count). The van der Waals surface area contributed by atoms with Crippen LogP contribution >= 0.6 is 0 Å². The number of anilines is 1. The summed E-state index contributed by atoms with van der Waals surface area (Å²) in [5.74, 6) is -2.46. The Balaban J connectivity index is 2.49. The fourth-order valence-corrected chi connectivity index (χ4v) is 3.07. The van der Waals surface area contributed by atoms with Gasteiger partial charge in [-0.2, -0.15) is 0 Å². The minimum absolute atomic E-state index is 0.298. The van der Waals surface area contributed by atoms with Gasteiger partial charge in [-0.1, -0.05) is 18.2 Å². The molecule has 29 heavy (non-hydrogen) atoms. The Morgan fingerprint density at radius 1 is 1.14 bits per heavy atom. The highest BCUT2D eigenvalue weighted by atomic mass is 16.6. The largest absolute Gasteiger partial charge is 0.459 e. The van der Waals surface area contributed by atoms with Crippen LogP contribution in [0.4, 0.5) is 5.69 Å². The lowest BCUT2D eigenvalue weighted by Gasteiger charge is -2.33. The van der Waals surface area contributed by atoms with E-state index >= 15 is 0 Å². The molecule has 1 amide bonds. The van der Waals surface area contributed by atoms with Crippen LogP contribution in [0.5, 0.6) is 0 Å². The van der Waals surface area contributed by atoms with Crippen LogP contribution in [0.15, 0.2) is 24.3 Å². The molecule has 0 radical (unpaired) electrons. The van der Waals surface area contributed by atoms with Gasteiger partial charge in [0.15, 0.2) is 5.54 Å². The Morgan fingerprint density at radius 3 is 2.24 bits per heavy atom. The standard InChI is InChI=1S/C21H30N2O6/c1-19(2,3)28-16(25)12-23-14-10-8-7-9-13(14)15(24)11-21(22,17(23)26)18(27)29-20(4,5)6/h7-10,15,24H,11-12,22H2,1-6H3/t15?,21-/m0/s1. The highest BCUT2D eigenvalue weighted by Crippen LogP contribution is 2.37. The molecule has 0 saturated carbocycles. The van der Waals surface area contributed by atoms with E-state index in [9.17, 15) is 19.5 Å². The zero-order valence-electron chi connectivity index (χ0n) is 17.8. The number of fused-ring (bicyclic) bond motifs is 1. The van der Waals surface area contributed by atoms with E-state index in [2.05, 4.69) is 0 Å². The zero-order chi connectivity index (χ0) is 22.2. The molecule has 2 atom stereocenters. The first-order valence-corrected chi connectivity index (χ1v) is 9.47. The van der Waals surface area contributed by atoms with Gasteiger partial charge in [-0.25, -0.2) is 4.79 Å². The lowest BCUT2D eigenvalue weighted by Crippen LogP contribution is -2.62. The number of amides is 1. The summed E-state index contributed by atoms with van der Waals surface area (Å²) >= 11 is 0. The van der Waals surface area contributed by atoms with E-state index in [1.165, 1.54) is 0 Å². The number of aliphatic hydroxyl groups excluding tert-OH is 1. The van der Waals surface area contributed by atoms with Crippen LogP contribution in [0.25, 0.3) is 0 Å². The van der Waals surface area contributed by atoms with Crippen molar-refractivity contribution >= 4 is 23.5 Å². The second-order valence-electron chi connectivity index (χ2n) is 9.23. The van der Waals surface area contributed by atoms with Gasteiger partial charge in [-0.15, -0.1) is 0 Å². The minimum atomic E-state index is -2.16. The van der Waals surface area contributed by atoms with Gasteiger partial charge in [0.1, 0.15) is 17.7 Å². The molecule has 0 aromatic heterocycles. The average molecular weight is 406 g/mol. The number of carbonyl (C=O) groups excluding carboxylic acids is 3. The Morgan fingerprint density at radius 2 is 1.69 bits per heavy atom. The maximum atomic E-state index is 13.4. The first-order chi connectivity index (χ1) is 13.1. The number of para-hydroxylation sites is 1. The van der Waals surface area contributed by atoms with Crippen LogP contribution in [-0.2, 0) is 23.9 Å². The Kier molecular flexibility index (Phi) is 6.11. The third kappa shape index (κ3) is 5.33. The lowest BCUT2D eigenvalue weighted by atomic mass is 9.90. The summed E-state index contributed by atoms with van der Waals surface area (Å²) in [6, 6.07) is 6.56. The van der Waals surface area contributed by atoms with E-state index < -0.39 is 47.2 Å². The zero-order valence-corrected chi connectivity index (χ0v) is 17.8. The monoisotopic (exact) mass is 406 g/mol. The summed E-state index contributed by atoms with van der Waals surface area (Å²) in [5, 5.41) is 10.7. The van der Waals surface area contributed by atoms with Gasteiger partial charge >= 0.3 is 11.9 Å². The number of nitrogens with two attached hydrogens (primary N) is 1. The highest BCUT2D eigenvalue weighted by molar-refractivity contribution is 6.16. The maximum absolute atomic E-state index is 13.4. The molecule has 0 aliphatic carbocycles. The van der Waals surface area contributed by atoms with Crippen LogP contribution in [0.2, 0.25) is 0 Å². The molecule has 1 aliphatic heterocycles. The quantitative estimate of drug-likeness (QED) is 0.580. The van der Waals surface area contributed by atoms with E-state index in [0.717, 1.165) is 4.90 Å². The lowest BCUT2D eigenvalue weighted by molar-refractivity contribution is -0.166. The first kappa shape index (κ1) is 22.8. The maximum Gasteiger partial charge on any atom is 0.336 e. The van der Waals surface area contributed by atoms with Gasteiger partial charge < -0.3 is 20.3 Å². The van der Waals surface area contributed by atoms with E-state index in [1.807, 2.05) is 0 Å². The van der Waals surface area contributed by atoms with Crippen molar-refractivity contribution in [1.82, 2.24) is 0 Å². The topological polar surface area (TPSA) is 119 Å². The molecule has 1 unspecified atom stereocenters. The summed E-state index contributed by atoms with van der Waals surface area (Å²) < 4.78 is 10.7. The molecule has 3 N–H and O–H groups in total. The van der Waals surface area contributed by atoms with Crippen LogP contribution in [0.1, 0.15) is 59.6 Å². The SMILES string of the molecule is CC(C)(C)OC(=O)CN1C(=O)[C@](N)(C(=O)OC(C)(C)C)CC(O)c2ccccc21. The van der Waals surface area contributed by atoms with Gasteiger partial charge in [-0.3, -0.25) is 14.5 Å². The van der Waals surface area contributed by atoms with Crippen molar-refractivity contribution in [2.24, 2.45) is 5.73 Å². The van der Waals surface area contributed by atoms with Crippen molar-refractivity contribution < 1.29 is 29.0 Å². The van der Waals surface area contributed by atoms with E-state index in [4.69, 9.17) is 15.2 Å². The van der Waals surface area contributed by atoms with Crippen LogP contribution in [-0.4, -0.2) is 46.2 Å². The summed E-state index contributed by atoms with van der Waals surface area (Å²) in [5.41, 5.74) is 3.13. The molecular formula is C21H30N2O6. The van der Waals surface area contributed by atoms with Crippen LogP contribution < -0.4 is 10.6 Å². The minimum Gasteiger partial charge on any atom is -0.459 e. The molecule has 0 fully saturated rings.